The van der Waals surface area contributed by atoms with Crippen molar-refractivity contribution in [3.63, 3.8) is 0 Å². The quantitative estimate of drug-likeness (QED) is 0.317. The SMILES string of the molecule is CCc1cnc(NC(=O)c2cc3c(nc2OC)nc(C(c2ccccc2)c2ccccc2)n3CC)o1. The molecular weight excluding hydrogens is 454 g/mol. The van der Waals surface area contributed by atoms with E-state index in [0.29, 0.717) is 24.4 Å². The minimum absolute atomic E-state index is 0.107. The van der Waals surface area contributed by atoms with Crippen LogP contribution in [0.2, 0.25) is 0 Å². The zero-order valence-corrected chi connectivity index (χ0v) is 20.4. The molecule has 0 aliphatic rings. The summed E-state index contributed by atoms with van der Waals surface area (Å²) in [5, 5.41) is 2.70. The van der Waals surface area contributed by atoms with Gasteiger partial charge in [0.1, 0.15) is 17.1 Å². The molecule has 0 fully saturated rings. The molecule has 0 spiro atoms. The number of nitrogens with zero attached hydrogens (tertiary/aromatic N) is 4. The number of methoxy groups -OCH3 is 1. The van der Waals surface area contributed by atoms with Crippen molar-refractivity contribution in [2.24, 2.45) is 0 Å². The molecule has 36 heavy (non-hydrogen) atoms. The van der Waals surface area contributed by atoms with Crippen LogP contribution < -0.4 is 10.1 Å². The van der Waals surface area contributed by atoms with Gasteiger partial charge in [-0.05, 0) is 24.1 Å². The Balaban J connectivity index is 1.63. The summed E-state index contributed by atoms with van der Waals surface area (Å²) >= 11 is 0. The first-order chi connectivity index (χ1) is 17.6. The van der Waals surface area contributed by atoms with Crippen molar-refractivity contribution in [3.05, 3.63) is 101 Å². The number of carbonyl (C=O) groups excluding carboxylic acids is 1. The maximum absolute atomic E-state index is 13.2. The molecule has 0 atom stereocenters. The lowest BCUT2D eigenvalue weighted by Crippen LogP contribution is -2.15. The number of aromatic nitrogens is 4. The predicted octanol–water partition coefficient (Wildman–Crippen LogP) is 5.44. The van der Waals surface area contributed by atoms with Gasteiger partial charge in [-0.3, -0.25) is 10.1 Å². The van der Waals surface area contributed by atoms with E-state index in [1.165, 1.54) is 7.11 Å². The van der Waals surface area contributed by atoms with E-state index in [-0.39, 0.29) is 23.4 Å². The Hall–Kier alpha value is -4.46. The average molecular weight is 482 g/mol. The van der Waals surface area contributed by atoms with Gasteiger partial charge in [-0.2, -0.15) is 4.98 Å². The van der Waals surface area contributed by atoms with Crippen LogP contribution in [0.15, 0.2) is 77.3 Å². The molecule has 3 aromatic heterocycles. The molecule has 2 aromatic carbocycles. The smallest absolute Gasteiger partial charge is 0.301 e. The van der Waals surface area contributed by atoms with Gasteiger partial charge in [0.05, 0.1) is 24.7 Å². The Bertz CT molecular complexity index is 1450. The number of anilines is 1. The Morgan fingerprint density at radius 2 is 1.69 bits per heavy atom. The summed E-state index contributed by atoms with van der Waals surface area (Å²) in [4.78, 5) is 26.8. The number of pyridine rings is 1. The van der Waals surface area contributed by atoms with Crippen molar-refractivity contribution in [1.82, 2.24) is 19.5 Å². The van der Waals surface area contributed by atoms with Crippen molar-refractivity contribution in [2.75, 3.05) is 12.4 Å². The normalized spacial score (nSPS) is 11.2. The molecule has 5 aromatic rings. The number of oxazole rings is 1. The lowest BCUT2D eigenvalue weighted by molar-refractivity contribution is 0.102. The number of benzene rings is 2. The van der Waals surface area contributed by atoms with Gasteiger partial charge >= 0.3 is 6.01 Å². The van der Waals surface area contributed by atoms with E-state index in [2.05, 4.69) is 51.0 Å². The minimum Gasteiger partial charge on any atom is -0.480 e. The molecule has 0 bridgehead atoms. The Morgan fingerprint density at radius 3 is 2.25 bits per heavy atom. The fourth-order valence-electron chi connectivity index (χ4n) is 4.40. The average Bonchev–Trinajstić information content (AvgIpc) is 3.52. The maximum atomic E-state index is 13.2. The Morgan fingerprint density at radius 1 is 1.03 bits per heavy atom. The largest absolute Gasteiger partial charge is 0.480 e. The highest BCUT2D eigenvalue weighted by Gasteiger charge is 2.26. The molecule has 0 aliphatic carbocycles. The molecule has 0 saturated carbocycles. The molecule has 1 amide bonds. The third kappa shape index (κ3) is 4.33. The number of amides is 1. The van der Waals surface area contributed by atoms with Crippen LogP contribution in [0.25, 0.3) is 11.2 Å². The van der Waals surface area contributed by atoms with Crippen LogP contribution in [-0.2, 0) is 13.0 Å². The van der Waals surface area contributed by atoms with E-state index >= 15 is 0 Å². The van der Waals surface area contributed by atoms with Gasteiger partial charge in [0.25, 0.3) is 5.91 Å². The number of hydrogen-bond acceptors (Lipinski definition) is 6. The molecule has 8 heteroatoms. The van der Waals surface area contributed by atoms with Gasteiger partial charge < -0.3 is 13.7 Å². The highest BCUT2D eigenvalue weighted by atomic mass is 16.5. The second kappa shape index (κ2) is 10.0. The first kappa shape index (κ1) is 23.3. The third-order valence-corrected chi connectivity index (χ3v) is 6.14. The fraction of sp³-hybridized carbons (Fsp3) is 0.214. The van der Waals surface area contributed by atoms with Crippen molar-refractivity contribution < 1.29 is 13.9 Å². The second-order valence-electron chi connectivity index (χ2n) is 8.30. The van der Waals surface area contributed by atoms with Gasteiger partial charge in [-0.15, -0.1) is 0 Å². The van der Waals surface area contributed by atoms with E-state index in [1.54, 1.807) is 12.3 Å². The molecule has 8 nitrogen and oxygen atoms in total. The van der Waals surface area contributed by atoms with Crippen LogP contribution >= 0.6 is 0 Å². The van der Waals surface area contributed by atoms with Crippen LogP contribution in [0.3, 0.4) is 0 Å². The summed E-state index contributed by atoms with van der Waals surface area (Å²) in [6.45, 7) is 4.66. The van der Waals surface area contributed by atoms with Gasteiger partial charge in [0.15, 0.2) is 5.65 Å². The number of rotatable bonds is 8. The molecule has 182 valence electrons. The van der Waals surface area contributed by atoms with Gasteiger partial charge in [0.2, 0.25) is 5.88 Å². The number of aryl methyl sites for hydroxylation is 2. The Labute approximate surface area is 209 Å². The van der Waals surface area contributed by atoms with E-state index in [4.69, 9.17) is 14.1 Å². The zero-order chi connectivity index (χ0) is 25.1. The summed E-state index contributed by atoms with van der Waals surface area (Å²) in [6, 6.07) is 22.4. The number of ether oxygens (including phenoxy) is 1. The molecule has 3 heterocycles. The zero-order valence-electron chi connectivity index (χ0n) is 20.4. The molecule has 0 saturated heterocycles. The molecular formula is C28H27N5O3. The predicted molar refractivity (Wildman–Crippen MR) is 137 cm³/mol. The Kier molecular flexibility index (Phi) is 6.49. The van der Waals surface area contributed by atoms with Crippen molar-refractivity contribution in [2.45, 2.75) is 32.7 Å². The first-order valence-corrected chi connectivity index (χ1v) is 11.9. The van der Waals surface area contributed by atoms with Crippen molar-refractivity contribution >= 4 is 23.1 Å². The summed E-state index contributed by atoms with van der Waals surface area (Å²) in [5.74, 6) is 1.19. The van der Waals surface area contributed by atoms with Crippen LogP contribution in [0, 0.1) is 0 Å². The van der Waals surface area contributed by atoms with Gasteiger partial charge in [0, 0.05) is 13.0 Å². The highest BCUT2D eigenvalue weighted by molar-refractivity contribution is 6.06. The summed E-state index contributed by atoms with van der Waals surface area (Å²) < 4.78 is 13.1. The van der Waals surface area contributed by atoms with Crippen molar-refractivity contribution in [1.29, 1.82) is 0 Å². The molecule has 1 N–H and O–H groups in total. The standard InChI is InChI=1S/C28H27N5O3/c1-4-20-17-29-28(36-20)32-26(34)21-16-22-24(31-27(21)35-3)30-25(33(22)5-2)23(18-12-8-6-9-13-18)19-14-10-7-11-15-19/h6-17,23H,4-5H2,1-3H3,(H,29,32,34). The highest BCUT2D eigenvalue weighted by Crippen LogP contribution is 2.34. The lowest BCUT2D eigenvalue weighted by atomic mass is 9.90. The van der Waals surface area contributed by atoms with E-state index in [9.17, 15) is 4.79 Å². The van der Waals surface area contributed by atoms with Crippen molar-refractivity contribution in [3.8, 4) is 5.88 Å². The van der Waals surface area contributed by atoms with Crippen LogP contribution in [0.1, 0.15) is 52.8 Å². The number of hydrogen-bond donors (Lipinski definition) is 1. The molecule has 0 unspecified atom stereocenters. The van der Waals surface area contributed by atoms with E-state index in [1.807, 2.05) is 43.3 Å². The first-order valence-electron chi connectivity index (χ1n) is 11.9. The summed E-state index contributed by atoms with van der Waals surface area (Å²) in [7, 11) is 1.49. The van der Waals surface area contributed by atoms with Gasteiger partial charge in [-0.25, -0.2) is 9.97 Å². The summed E-state index contributed by atoms with van der Waals surface area (Å²) in [5.41, 5.74) is 3.78. The summed E-state index contributed by atoms with van der Waals surface area (Å²) in [6.07, 6.45) is 2.28. The van der Waals surface area contributed by atoms with E-state index in [0.717, 1.165) is 22.5 Å². The minimum atomic E-state index is -0.418. The fourth-order valence-corrected chi connectivity index (χ4v) is 4.40. The van der Waals surface area contributed by atoms with Crippen LogP contribution in [0.5, 0.6) is 5.88 Å². The maximum Gasteiger partial charge on any atom is 0.301 e. The number of carbonyl (C=O) groups is 1. The number of imidazole rings is 1. The third-order valence-electron chi connectivity index (χ3n) is 6.14. The topological polar surface area (TPSA) is 95.1 Å². The molecule has 0 radical (unpaired) electrons. The second-order valence-corrected chi connectivity index (χ2v) is 8.30. The number of nitrogens with one attached hydrogen (secondary N) is 1. The monoisotopic (exact) mass is 481 g/mol. The number of fused-ring (bicyclic) bond motifs is 1. The lowest BCUT2D eigenvalue weighted by Gasteiger charge is -2.19. The van der Waals surface area contributed by atoms with Crippen LogP contribution in [0.4, 0.5) is 6.01 Å². The van der Waals surface area contributed by atoms with Crippen LogP contribution in [-0.4, -0.2) is 32.5 Å². The molecule has 0 aliphatic heterocycles. The van der Waals surface area contributed by atoms with E-state index < -0.39 is 5.91 Å². The molecule has 5 rings (SSSR count). The van der Waals surface area contributed by atoms with Gasteiger partial charge in [-0.1, -0.05) is 67.6 Å².